The summed E-state index contributed by atoms with van der Waals surface area (Å²) in [5, 5.41) is 4.04. The van der Waals surface area contributed by atoms with Gasteiger partial charge in [-0.05, 0) is 63.9 Å². The lowest BCUT2D eigenvalue weighted by atomic mass is 10.1. The molecule has 6 nitrogen and oxygen atoms in total. The van der Waals surface area contributed by atoms with Crippen molar-refractivity contribution in [2.45, 2.75) is 89.1 Å². The summed E-state index contributed by atoms with van der Waals surface area (Å²) < 4.78 is 36.7. The fourth-order valence-corrected chi connectivity index (χ4v) is 4.59. The van der Waals surface area contributed by atoms with Crippen LogP contribution in [0.4, 0.5) is 4.79 Å². The average Bonchev–Trinajstić information content (AvgIpc) is 2.61. The lowest BCUT2D eigenvalue weighted by Crippen LogP contribution is -2.41. The largest absolute Gasteiger partial charge is 0.444 e. The Kier molecular flexibility index (Phi) is 9.53. The normalized spacial score (nSPS) is 14.5. The molecule has 1 rings (SSSR count). The Balaban J connectivity index is 2.85. The van der Waals surface area contributed by atoms with Crippen LogP contribution in [0.25, 0.3) is 0 Å². The SMILES string of the molecule is CC(C)(C)OC(=O)N[C@H](/C=C/S(=O)(=O)c1ccccc1)CCCO[Si](C)(C)C(C)(C)C. The molecule has 0 fully saturated rings. The lowest BCUT2D eigenvalue weighted by molar-refractivity contribution is 0.0511. The van der Waals surface area contributed by atoms with Crippen LogP contribution in [-0.2, 0) is 19.0 Å². The van der Waals surface area contributed by atoms with E-state index in [1.54, 1.807) is 51.1 Å². The van der Waals surface area contributed by atoms with E-state index in [4.69, 9.17) is 9.16 Å². The summed E-state index contributed by atoms with van der Waals surface area (Å²) in [7, 11) is -5.46. The molecule has 0 spiro atoms. The summed E-state index contributed by atoms with van der Waals surface area (Å²) >= 11 is 0. The van der Waals surface area contributed by atoms with E-state index >= 15 is 0 Å². The van der Waals surface area contributed by atoms with Crippen LogP contribution < -0.4 is 5.32 Å². The van der Waals surface area contributed by atoms with Gasteiger partial charge in [0.25, 0.3) is 0 Å². The fraction of sp³-hybridized carbons (Fsp3) is 0.609. The topological polar surface area (TPSA) is 81.7 Å². The van der Waals surface area contributed by atoms with Crippen molar-refractivity contribution in [2.75, 3.05) is 6.61 Å². The number of sulfone groups is 1. The summed E-state index contributed by atoms with van der Waals surface area (Å²) in [5.74, 6) is 0. The second kappa shape index (κ2) is 10.8. The van der Waals surface area contributed by atoms with Crippen molar-refractivity contribution in [1.29, 1.82) is 0 Å². The number of benzene rings is 1. The van der Waals surface area contributed by atoms with E-state index in [2.05, 4.69) is 39.2 Å². The number of carbonyl (C=O) groups excluding carboxylic acids is 1. The van der Waals surface area contributed by atoms with Gasteiger partial charge in [-0.1, -0.05) is 45.0 Å². The van der Waals surface area contributed by atoms with Crippen molar-refractivity contribution in [3.8, 4) is 0 Å². The predicted octanol–water partition coefficient (Wildman–Crippen LogP) is 5.67. The molecule has 0 unspecified atom stereocenters. The number of hydrogen-bond donors (Lipinski definition) is 1. The molecule has 0 radical (unpaired) electrons. The zero-order chi connectivity index (χ0) is 23.9. The minimum Gasteiger partial charge on any atom is -0.444 e. The Morgan fingerprint density at radius 3 is 2.19 bits per heavy atom. The molecule has 1 amide bonds. The van der Waals surface area contributed by atoms with Crippen LogP contribution in [0.5, 0.6) is 0 Å². The maximum absolute atomic E-state index is 12.6. The zero-order valence-corrected chi connectivity index (χ0v) is 22.0. The molecule has 0 bridgehead atoms. The number of amides is 1. The van der Waals surface area contributed by atoms with Crippen molar-refractivity contribution in [1.82, 2.24) is 5.32 Å². The molecule has 1 aromatic rings. The highest BCUT2D eigenvalue weighted by molar-refractivity contribution is 7.94. The molecule has 0 saturated carbocycles. The molecule has 31 heavy (non-hydrogen) atoms. The van der Waals surface area contributed by atoms with Crippen LogP contribution in [0, 0.1) is 0 Å². The molecule has 8 heteroatoms. The minimum absolute atomic E-state index is 0.116. The van der Waals surface area contributed by atoms with E-state index in [0.717, 1.165) is 5.41 Å². The van der Waals surface area contributed by atoms with Gasteiger partial charge in [0.1, 0.15) is 5.60 Å². The van der Waals surface area contributed by atoms with Crippen molar-refractivity contribution in [3.05, 3.63) is 41.8 Å². The first-order valence-corrected chi connectivity index (χ1v) is 15.1. The first-order chi connectivity index (χ1) is 14.0. The predicted molar refractivity (Wildman–Crippen MR) is 128 cm³/mol. The molecule has 0 aliphatic rings. The second-order valence-electron chi connectivity index (χ2n) is 10.2. The van der Waals surface area contributed by atoms with E-state index in [-0.39, 0.29) is 9.93 Å². The summed E-state index contributed by atoms with van der Waals surface area (Å²) in [5.41, 5.74) is -0.639. The van der Waals surface area contributed by atoms with Crippen molar-refractivity contribution in [2.24, 2.45) is 0 Å². The van der Waals surface area contributed by atoms with Gasteiger partial charge in [0, 0.05) is 12.0 Å². The highest BCUT2D eigenvalue weighted by Gasteiger charge is 2.36. The molecular formula is C23H39NO5SSi. The van der Waals surface area contributed by atoms with Gasteiger partial charge in [-0.2, -0.15) is 0 Å². The third-order valence-electron chi connectivity index (χ3n) is 5.19. The maximum Gasteiger partial charge on any atom is 0.408 e. The second-order valence-corrected chi connectivity index (χ2v) is 16.8. The van der Waals surface area contributed by atoms with E-state index in [1.807, 2.05) is 0 Å². The summed E-state index contributed by atoms with van der Waals surface area (Å²) in [6.07, 6.45) is 2.15. The molecule has 0 heterocycles. The molecular weight excluding hydrogens is 430 g/mol. The maximum atomic E-state index is 12.6. The van der Waals surface area contributed by atoms with Crippen LogP contribution >= 0.6 is 0 Å². The van der Waals surface area contributed by atoms with Gasteiger partial charge in [-0.3, -0.25) is 0 Å². The first kappa shape index (κ1) is 27.4. The number of alkyl carbamates (subject to hydrolysis) is 1. The van der Waals surface area contributed by atoms with Crippen LogP contribution in [0.2, 0.25) is 18.1 Å². The highest BCUT2D eigenvalue weighted by atomic mass is 32.2. The number of hydrogen-bond acceptors (Lipinski definition) is 5. The molecule has 1 aromatic carbocycles. The minimum atomic E-state index is -3.60. The molecule has 1 N–H and O–H groups in total. The third kappa shape index (κ3) is 10.0. The van der Waals surface area contributed by atoms with Crippen molar-refractivity contribution < 1.29 is 22.4 Å². The van der Waals surface area contributed by atoms with E-state index < -0.39 is 35.9 Å². The van der Waals surface area contributed by atoms with Crippen LogP contribution in [-0.4, -0.2) is 41.1 Å². The standard InChI is InChI=1S/C23H39NO5SSi/c1-22(2,3)29-21(25)24-19(13-12-17-28-31(7,8)23(4,5)6)16-18-30(26,27)20-14-10-9-11-15-20/h9-11,14-16,18-19H,12-13,17H2,1-8H3,(H,24,25)/b18-16+/t19-/m0/s1. The first-order valence-electron chi connectivity index (χ1n) is 10.7. The Morgan fingerprint density at radius 1 is 1.10 bits per heavy atom. The van der Waals surface area contributed by atoms with Crippen LogP contribution in [0.15, 0.2) is 46.7 Å². The summed E-state index contributed by atoms with van der Waals surface area (Å²) in [6.45, 7) is 16.8. The molecule has 0 saturated heterocycles. The fourth-order valence-electron chi connectivity index (χ4n) is 2.41. The number of carbonyl (C=O) groups is 1. The van der Waals surface area contributed by atoms with E-state index in [9.17, 15) is 13.2 Å². The zero-order valence-electron chi connectivity index (χ0n) is 20.2. The van der Waals surface area contributed by atoms with Crippen LogP contribution in [0.1, 0.15) is 54.4 Å². The van der Waals surface area contributed by atoms with E-state index in [0.29, 0.717) is 19.4 Å². The smallest absolute Gasteiger partial charge is 0.408 e. The van der Waals surface area contributed by atoms with Crippen molar-refractivity contribution >= 4 is 24.2 Å². The quantitative estimate of drug-likeness (QED) is 0.372. The molecule has 1 atom stereocenters. The lowest BCUT2D eigenvalue weighted by Gasteiger charge is -2.36. The monoisotopic (exact) mass is 469 g/mol. The molecule has 0 aliphatic heterocycles. The van der Waals surface area contributed by atoms with E-state index in [1.165, 1.54) is 6.08 Å². The van der Waals surface area contributed by atoms with Crippen LogP contribution in [0.3, 0.4) is 0 Å². The third-order valence-corrected chi connectivity index (χ3v) is 11.2. The van der Waals surface area contributed by atoms with Gasteiger partial charge < -0.3 is 14.5 Å². The number of rotatable bonds is 9. The van der Waals surface area contributed by atoms with Gasteiger partial charge in [-0.15, -0.1) is 0 Å². The molecule has 0 aliphatic carbocycles. The Morgan fingerprint density at radius 2 is 1.68 bits per heavy atom. The van der Waals surface area contributed by atoms with Crippen molar-refractivity contribution in [3.63, 3.8) is 0 Å². The van der Waals surface area contributed by atoms with Gasteiger partial charge in [0.15, 0.2) is 18.2 Å². The number of nitrogens with one attached hydrogen (secondary N) is 1. The molecule has 0 aromatic heterocycles. The van der Waals surface area contributed by atoms with Gasteiger partial charge >= 0.3 is 6.09 Å². The highest BCUT2D eigenvalue weighted by Crippen LogP contribution is 2.36. The van der Waals surface area contributed by atoms with Gasteiger partial charge in [0.2, 0.25) is 0 Å². The average molecular weight is 470 g/mol. The Bertz CT molecular complexity index is 837. The Labute approximate surface area is 189 Å². The Hall–Kier alpha value is -1.64. The van der Waals surface area contributed by atoms with Gasteiger partial charge in [0.05, 0.1) is 10.9 Å². The summed E-state index contributed by atoms with van der Waals surface area (Å²) in [4.78, 5) is 12.5. The molecule has 176 valence electrons. The van der Waals surface area contributed by atoms with Gasteiger partial charge in [-0.25, -0.2) is 13.2 Å². The summed E-state index contributed by atoms with van der Waals surface area (Å²) in [6, 6.07) is 7.71. The number of ether oxygens (including phenoxy) is 1.